The molecule has 13 heavy (non-hydrogen) atoms. The summed E-state index contributed by atoms with van der Waals surface area (Å²) in [7, 11) is 1.61. The first kappa shape index (κ1) is 7.79. The monoisotopic (exact) mass is 175 g/mol. The first-order valence-electron chi connectivity index (χ1n) is 3.97. The van der Waals surface area contributed by atoms with Crippen LogP contribution < -0.4 is 5.32 Å². The lowest BCUT2D eigenvalue weighted by Crippen LogP contribution is -2.17. The number of aromatic nitrogens is 2. The van der Waals surface area contributed by atoms with Gasteiger partial charge >= 0.3 is 0 Å². The maximum Gasteiger partial charge on any atom is 0.251 e. The van der Waals surface area contributed by atoms with Crippen molar-refractivity contribution in [3.63, 3.8) is 0 Å². The van der Waals surface area contributed by atoms with Crippen LogP contribution in [0.25, 0.3) is 10.9 Å². The Morgan fingerprint density at radius 3 is 3.15 bits per heavy atom. The minimum atomic E-state index is -0.0907. The van der Waals surface area contributed by atoms with Gasteiger partial charge in [-0.2, -0.15) is 5.10 Å². The molecule has 66 valence electrons. The fourth-order valence-electron chi connectivity index (χ4n) is 1.30. The lowest BCUT2D eigenvalue weighted by atomic mass is 10.1. The van der Waals surface area contributed by atoms with Crippen LogP contribution in [0.2, 0.25) is 0 Å². The Kier molecular flexibility index (Phi) is 1.73. The van der Waals surface area contributed by atoms with Crippen LogP contribution in [0.15, 0.2) is 24.4 Å². The Balaban J connectivity index is 2.67. The summed E-state index contributed by atoms with van der Waals surface area (Å²) in [6, 6.07) is 5.48. The van der Waals surface area contributed by atoms with Gasteiger partial charge in [-0.25, -0.2) is 0 Å². The summed E-state index contributed by atoms with van der Waals surface area (Å²) < 4.78 is 0. The van der Waals surface area contributed by atoms with Crippen molar-refractivity contribution >= 4 is 16.8 Å². The molecular formula is C9H9N3O. The Morgan fingerprint density at radius 2 is 2.38 bits per heavy atom. The Morgan fingerprint density at radius 1 is 1.54 bits per heavy atom. The zero-order chi connectivity index (χ0) is 9.26. The molecule has 0 atom stereocenters. The molecule has 0 radical (unpaired) electrons. The lowest BCUT2D eigenvalue weighted by molar-refractivity contribution is 0.0965. The summed E-state index contributed by atoms with van der Waals surface area (Å²) in [6.45, 7) is 0. The quantitative estimate of drug-likeness (QED) is 0.677. The highest BCUT2D eigenvalue weighted by Crippen LogP contribution is 2.15. The molecule has 0 saturated heterocycles. The zero-order valence-corrected chi connectivity index (χ0v) is 7.16. The van der Waals surface area contributed by atoms with Crippen LogP contribution in [0.4, 0.5) is 0 Å². The van der Waals surface area contributed by atoms with Gasteiger partial charge in [-0.15, -0.1) is 0 Å². The molecule has 4 nitrogen and oxygen atoms in total. The molecule has 0 aliphatic carbocycles. The first-order chi connectivity index (χ1) is 6.33. The van der Waals surface area contributed by atoms with Crippen LogP contribution in [0, 0.1) is 0 Å². The number of carbonyl (C=O) groups excluding carboxylic acids is 1. The van der Waals surface area contributed by atoms with E-state index in [1.54, 1.807) is 19.3 Å². The van der Waals surface area contributed by atoms with Gasteiger partial charge in [-0.1, -0.05) is 6.07 Å². The van der Waals surface area contributed by atoms with E-state index in [9.17, 15) is 4.79 Å². The predicted molar refractivity (Wildman–Crippen MR) is 49.5 cm³/mol. The number of amides is 1. The number of fused-ring (bicyclic) bond motifs is 1. The summed E-state index contributed by atoms with van der Waals surface area (Å²) in [5, 5.41) is 10.1. The third-order valence-electron chi connectivity index (χ3n) is 1.96. The molecule has 2 rings (SSSR count). The molecule has 0 unspecified atom stereocenters. The average Bonchev–Trinajstić information content (AvgIpc) is 2.63. The Labute approximate surface area is 75.0 Å². The fraction of sp³-hybridized carbons (Fsp3) is 0.111. The van der Waals surface area contributed by atoms with E-state index in [4.69, 9.17) is 0 Å². The van der Waals surface area contributed by atoms with Gasteiger partial charge in [0, 0.05) is 12.4 Å². The molecule has 1 heterocycles. The maximum absolute atomic E-state index is 11.4. The Bertz CT molecular complexity index is 447. The summed E-state index contributed by atoms with van der Waals surface area (Å²) in [4.78, 5) is 11.4. The van der Waals surface area contributed by atoms with Crippen LogP contribution in [0.5, 0.6) is 0 Å². The smallest absolute Gasteiger partial charge is 0.251 e. The van der Waals surface area contributed by atoms with Crippen molar-refractivity contribution in [1.82, 2.24) is 15.5 Å². The summed E-state index contributed by atoms with van der Waals surface area (Å²) in [5.74, 6) is -0.0907. The van der Waals surface area contributed by atoms with E-state index in [0.717, 1.165) is 10.9 Å². The second-order valence-electron chi connectivity index (χ2n) is 2.72. The molecular weight excluding hydrogens is 166 g/mol. The fourth-order valence-corrected chi connectivity index (χ4v) is 1.30. The number of H-pyrrole nitrogens is 1. The van der Waals surface area contributed by atoms with Crippen LogP contribution in [0.3, 0.4) is 0 Å². The van der Waals surface area contributed by atoms with E-state index in [2.05, 4.69) is 15.5 Å². The van der Waals surface area contributed by atoms with Crippen molar-refractivity contribution in [1.29, 1.82) is 0 Å². The molecule has 0 aliphatic heterocycles. The molecule has 4 heteroatoms. The largest absolute Gasteiger partial charge is 0.355 e. The van der Waals surface area contributed by atoms with Gasteiger partial charge in [0.15, 0.2) is 0 Å². The predicted octanol–water partition coefficient (Wildman–Crippen LogP) is 0.922. The number of benzene rings is 1. The SMILES string of the molecule is CNC(=O)c1cccc2[nH]ncc12. The van der Waals surface area contributed by atoms with Crippen LogP contribution >= 0.6 is 0 Å². The molecule has 1 amide bonds. The third-order valence-corrected chi connectivity index (χ3v) is 1.96. The van der Waals surface area contributed by atoms with Crippen LogP contribution in [0.1, 0.15) is 10.4 Å². The van der Waals surface area contributed by atoms with Crippen LogP contribution in [-0.2, 0) is 0 Å². The van der Waals surface area contributed by atoms with E-state index in [1.165, 1.54) is 0 Å². The van der Waals surface area contributed by atoms with Gasteiger partial charge in [-0.05, 0) is 12.1 Å². The van der Waals surface area contributed by atoms with E-state index in [1.807, 2.05) is 12.1 Å². The molecule has 2 aromatic rings. The molecule has 2 N–H and O–H groups in total. The number of carbonyl (C=O) groups is 1. The summed E-state index contributed by atoms with van der Waals surface area (Å²) >= 11 is 0. The minimum Gasteiger partial charge on any atom is -0.355 e. The maximum atomic E-state index is 11.4. The second kappa shape index (κ2) is 2.90. The van der Waals surface area contributed by atoms with Gasteiger partial charge < -0.3 is 5.32 Å². The highest BCUT2D eigenvalue weighted by atomic mass is 16.1. The summed E-state index contributed by atoms with van der Waals surface area (Å²) in [5.41, 5.74) is 1.52. The van der Waals surface area contributed by atoms with Crippen molar-refractivity contribution < 1.29 is 4.79 Å². The molecule has 0 bridgehead atoms. The molecule has 0 spiro atoms. The topological polar surface area (TPSA) is 57.8 Å². The number of hydrogen-bond acceptors (Lipinski definition) is 2. The number of rotatable bonds is 1. The second-order valence-corrected chi connectivity index (χ2v) is 2.72. The van der Waals surface area contributed by atoms with Gasteiger partial charge in [-0.3, -0.25) is 9.89 Å². The number of nitrogens with one attached hydrogen (secondary N) is 2. The van der Waals surface area contributed by atoms with E-state index >= 15 is 0 Å². The van der Waals surface area contributed by atoms with Crippen molar-refractivity contribution in [2.45, 2.75) is 0 Å². The average molecular weight is 175 g/mol. The van der Waals surface area contributed by atoms with E-state index < -0.39 is 0 Å². The van der Waals surface area contributed by atoms with Crippen LogP contribution in [-0.4, -0.2) is 23.2 Å². The summed E-state index contributed by atoms with van der Waals surface area (Å²) in [6.07, 6.45) is 1.65. The number of nitrogens with zero attached hydrogens (tertiary/aromatic N) is 1. The standard InChI is InChI=1S/C9H9N3O/c1-10-9(13)6-3-2-4-8-7(6)5-11-12-8/h2-5H,1H3,(H,10,13)(H,11,12). The highest BCUT2D eigenvalue weighted by Gasteiger charge is 2.08. The van der Waals surface area contributed by atoms with Gasteiger partial charge in [0.1, 0.15) is 0 Å². The van der Waals surface area contributed by atoms with E-state index in [0.29, 0.717) is 5.56 Å². The van der Waals surface area contributed by atoms with Gasteiger partial charge in [0.2, 0.25) is 0 Å². The molecule has 0 aliphatic rings. The first-order valence-corrected chi connectivity index (χ1v) is 3.97. The van der Waals surface area contributed by atoms with Gasteiger partial charge in [0.25, 0.3) is 5.91 Å². The van der Waals surface area contributed by atoms with Crippen molar-refractivity contribution in [3.8, 4) is 0 Å². The molecule has 1 aromatic heterocycles. The number of aromatic amines is 1. The molecule has 0 fully saturated rings. The number of hydrogen-bond donors (Lipinski definition) is 2. The lowest BCUT2D eigenvalue weighted by Gasteiger charge is -1.99. The Hall–Kier alpha value is -1.84. The van der Waals surface area contributed by atoms with Crippen molar-refractivity contribution in [2.75, 3.05) is 7.05 Å². The van der Waals surface area contributed by atoms with Crippen molar-refractivity contribution in [3.05, 3.63) is 30.0 Å². The van der Waals surface area contributed by atoms with Gasteiger partial charge in [0.05, 0.1) is 17.3 Å². The minimum absolute atomic E-state index is 0.0907. The molecule has 0 saturated carbocycles. The molecule has 1 aromatic carbocycles. The van der Waals surface area contributed by atoms with Crippen molar-refractivity contribution in [2.24, 2.45) is 0 Å². The third kappa shape index (κ3) is 1.16. The zero-order valence-electron chi connectivity index (χ0n) is 7.16. The normalized spacial score (nSPS) is 10.2. The highest BCUT2D eigenvalue weighted by molar-refractivity contribution is 6.05. The van der Waals surface area contributed by atoms with E-state index in [-0.39, 0.29) is 5.91 Å².